The van der Waals surface area contributed by atoms with E-state index in [1.165, 1.54) is 24.0 Å². The molecule has 64 valence electrons. The zero-order valence-corrected chi connectivity index (χ0v) is 7.22. The molecule has 3 rings (SSSR count). The molecular formula is C10H14N2. The summed E-state index contributed by atoms with van der Waals surface area (Å²) < 4.78 is 0. The molecule has 0 saturated heterocycles. The van der Waals surface area contributed by atoms with Crippen molar-refractivity contribution >= 4 is 5.82 Å². The summed E-state index contributed by atoms with van der Waals surface area (Å²) in [6.45, 7) is 3.22. The third-order valence-corrected chi connectivity index (χ3v) is 3.04. The van der Waals surface area contributed by atoms with Crippen LogP contribution < -0.4 is 5.32 Å². The zero-order chi connectivity index (χ0) is 8.18. The number of anilines is 1. The second-order valence-electron chi connectivity index (χ2n) is 4.04. The first-order chi connectivity index (χ1) is 5.80. The summed E-state index contributed by atoms with van der Waals surface area (Å²) in [6, 6.07) is 2.29. The summed E-state index contributed by atoms with van der Waals surface area (Å²) in [5.41, 5.74) is 3.24. The van der Waals surface area contributed by atoms with Gasteiger partial charge in [-0.05, 0) is 25.3 Å². The van der Waals surface area contributed by atoms with Crippen molar-refractivity contribution in [1.29, 1.82) is 0 Å². The molecule has 0 bridgehead atoms. The van der Waals surface area contributed by atoms with Gasteiger partial charge >= 0.3 is 0 Å². The van der Waals surface area contributed by atoms with Gasteiger partial charge in [0.1, 0.15) is 5.82 Å². The topological polar surface area (TPSA) is 24.9 Å². The van der Waals surface area contributed by atoms with E-state index in [0.29, 0.717) is 5.41 Å². The van der Waals surface area contributed by atoms with E-state index in [1.807, 2.05) is 6.20 Å². The van der Waals surface area contributed by atoms with Gasteiger partial charge in [0.05, 0.1) is 0 Å². The van der Waals surface area contributed by atoms with Crippen molar-refractivity contribution in [3.63, 3.8) is 0 Å². The van der Waals surface area contributed by atoms with E-state index >= 15 is 0 Å². The first kappa shape index (κ1) is 6.46. The Bertz CT molecular complexity index is 345. The molecule has 1 aromatic rings. The normalized spacial score (nSPS) is 22.1. The van der Waals surface area contributed by atoms with Gasteiger partial charge in [0.2, 0.25) is 0 Å². The molecule has 1 aliphatic heterocycles. The Hall–Kier alpha value is -1.05. The molecule has 2 aliphatic rings. The van der Waals surface area contributed by atoms with E-state index < -0.39 is 0 Å². The van der Waals surface area contributed by atoms with E-state index in [9.17, 15) is 0 Å². The molecule has 1 saturated carbocycles. The monoisotopic (exact) mass is 162 g/mol. The summed E-state index contributed by atoms with van der Waals surface area (Å²) in [6.07, 6.45) is 4.63. The molecule has 1 fully saturated rings. The van der Waals surface area contributed by atoms with Crippen molar-refractivity contribution in [3.05, 3.63) is 23.4 Å². The fourth-order valence-corrected chi connectivity index (χ4v) is 2.06. The van der Waals surface area contributed by atoms with Gasteiger partial charge in [0, 0.05) is 25.1 Å². The maximum Gasteiger partial charge on any atom is 0.129 e. The van der Waals surface area contributed by atoms with E-state index in [1.54, 1.807) is 0 Å². The van der Waals surface area contributed by atoms with Crippen LogP contribution in [-0.2, 0) is 5.41 Å². The minimum absolute atomic E-state index is 0. The third kappa shape index (κ3) is 0.675. The Morgan fingerprint density at radius 1 is 1.58 bits per heavy atom. The van der Waals surface area contributed by atoms with Crippen LogP contribution in [-0.4, -0.2) is 11.5 Å². The Morgan fingerprint density at radius 3 is 3.17 bits per heavy atom. The molecule has 1 aromatic heterocycles. The lowest BCUT2D eigenvalue weighted by Gasteiger charge is -2.04. The van der Waals surface area contributed by atoms with Gasteiger partial charge in [-0.25, -0.2) is 4.98 Å². The number of pyridine rings is 1. The highest BCUT2D eigenvalue weighted by molar-refractivity contribution is 5.58. The predicted octanol–water partition coefficient (Wildman–Crippen LogP) is 2.09. The van der Waals surface area contributed by atoms with Crippen molar-refractivity contribution in [2.45, 2.75) is 25.2 Å². The van der Waals surface area contributed by atoms with Crippen LogP contribution in [0.4, 0.5) is 5.82 Å². The molecule has 2 heterocycles. The van der Waals surface area contributed by atoms with Crippen LogP contribution >= 0.6 is 0 Å². The van der Waals surface area contributed by atoms with E-state index in [2.05, 4.69) is 23.3 Å². The lowest BCUT2D eigenvalue weighted by Crippen LogP contribution is -2.08. The smallest absolute Gasteiger partial charge is 0.129 e. The molecule has 12 heavy (non-hydrogen) atoms. The summed E-state index contributed by atoms with van der Waals surface area (Å²) in [4.78, 5) is 4.38. The van der Waals surface area contributed by atoms with E-state index in [4.69, 9.17) is 0 Å². The lowest BCUT2D eigenvalue weighted by atomic mass is 9.99. The molecular weight excluding hydrogens is 148 g/mol. The molecule has 2 heteroatoms. The van der Waals surface area contributed by atoms with Gasteiger partial charge in [-0.3, -0.25) is 0 Å². The van der Waals surface area contributed by atoms with Crippen molar-refractivity contribution in [2.75, 3.05) is 11.9 Å². The van der Waals surface area contributed by atoms with Gasteiger partial charge in [-0.2, -0.15) is 0 Å². The second-order valence-corrected chi connectivity index (χ2v) is 4.04. The number of nitrogens with one attached hydrogen (secondary N) is 1. The van der Waals surface area contributed by atoms with Gasteiger partial charge in [0.15, 0.2) is 0 Å². The van der Waals surface area contributed by atoms with Crippen molar-refractivity contribution in [2.24, 2.45) is 0 Å². The van der Waals surface area contributed by atoms with Gasteiger partial charge in [-0.1, -0.05) is 6.07 Å². The zero-order valence-electron chi connectivity index (χ0n) is 7.22. The van der Waals surface area contributed by atoms with Crippen LogP contribution in [0.2, 0.25) is 0 Å². The standard InChI is InChI=1S/C10H12N2.H2/c1-7-4-8-9(11-5-7)12-6-10(8)2-3-10;/h4-5H,2-3,6H2,1H3,(H,11,12);1H. The number of hydrogen-bond acceptors (Lipinski definition) is 2. The maximum atomic E-state index is 4.38. The molecule has 2 nitrogen and oxygen atoms in total. The van der Waals surface area contributed by atoms with Crippen LogP contribution in [0, 0.1) is 6.92 Å². The molecule has 0 unspecified atom stereocenters. The van der Waals surface area contributed by atoms with Crippen LogP contribution in [0.3, 0.4) is 0 Å². The average molecular weight is 162 g/mol. The van der Waals surface area contributed by atoms with Crippen molar-refractivity contribution < 1.29 is 1.43 Å². The van der Waals surface area contributed by atoms with Crippen LogP contribution in [0.5, 0.6) is 0 Å². The first-order valence-corrected chi connectivity index (χ1v) is 4.51. The molecule has 1 N–H and O–H groups in total. The van der Waals surface area contributed by atoms with E-state index in [0.717, 1.165) is 12.4 Å². The molecule has 0 aromatic carbocycles. The van der Waals surface area contributed by atoms with Crippen LogP contribution in [0.15, 0.2) is 12.3 Å². The largest absolute Gasteiger partial charge is 0.369 e. The molecule has 0 amide bonds. The summed E-state index contributed by atoms with van der Waals surface area (Å²) in [5, 5.41) is 3.37. The van der Waals surface area contributed by atoms with Crippen LogP contribution in [0.1, 0.15) is 25.4 Å². The van der Waals surface area contributed by atoms with E-state index in [-0.39, 0.29) is 1.43 Å². The quantitative estimate of drug-likeness (QED) is 0.632. The van der Waals surface area contributed by atoms with Gasteiger partial charge < -0.3 is 5.32 Å². The number of aryl methyl sites for hydroxylation is 1. The fourth-order valence-electron chi connectivity index (χ4n) is 2.06. The Morgan fingerprint density at radius 2 is 2.42 bits per heavy atom. The highest BCUT2D eigenvalue weighted by Gasteiger charge is 2.49. The first-order valence-electron chi connectivity index (χ1n) is 4.51. The van der Waals surface area contributed by atoms with Gasteiger partial charge in [0.25, 0.3) is 0 Å². The number of fused-ring (bicyclic) bond motifs is 2. The van der Waals surface area contributed by atoms with Gasteiger partial charge in [-0.15, -0.1) is 0 Å². The molecule has 0 radical (unpaired) electrons. The number of rotatable bonds is 0. The maximum absolute atomic E-state index is 4.38. The van der Waals surface area contributed by atoms with Crippen molar-refractivity contribution in [3.8, 4) is 0 Å². The highest BCUT2D eigenvalue weighted by atomic mass is 15.0. The SMILES string of the molecule is Cc1cnc2c(c1)C1(CC1)CN2.[HH]. The number of hydrogen-bond donors (Lipinski definition) is 1. The molecule has 1 aliphatic carbocycles. The fraction of sp³-hybridized carbons (Fsp3) is 0.500. The van der Waals surface area contributed by atoms with Crippen molar-refractivity contribution in [1.82, 2.24) is 4.98 Å². The van der Waals surface area contributed by atoms with Crippen LogP contribution in [0.25, 0.3) is 0 Å². The minimum Gasteiger partial charge on any atom is -0.369 e. The lowest BCUT2D eigenvalue weighted by molar-refractivity contribution is 0.776. The molecule has 0 atom stereocenters. The summed E-state index contributed by atoms with van der Waals surface area (Å²) in [7, 11) is 0. The Labute approximate surface area is 73.5 Å². The Kier molecular flexibility index (Phi) is 0.978. The molecule has 1 spiro atoms. The third-order valence-electron chi connectivity index (χ3n) is 3.04. The predicted molar refractivity (Wildman–Crippen MR) is 50.5 cm³/mol. The highest BCUT2D eigenvalue weighted by Crippen LogP contribution is 2.53. The number of aromatic nitrogens is 1. The Balaban J connectivity index is 0.000000653. The minimum atomic E-state index is 0. The summed E-state index contributed by atoms with van der Waals surface area (Å²) >= 11 is 0. The summed E-state index contributed by atoms with van der Waals surface area (Å²) in [5.74, 6) is 1.12. The average Bonchev–Trinajstić information content (AvgIpc) is 2.74. The number of nitrogens with zero attached hydrogens (tertiary/aromatic N) is 1. The second kappa shape index (κ2) is 1.82.